The molecular formula is C25H26N2O5S. The Labute approximate surface area is 194 Å². The molecule has 1 heterocycles. The first kappa shape index (κ1) is 22.8. The van der Waals surface area contributed by atoms with Crippen LogP contribution < -0.4 is 14.8 Å². The lowest BCUT2D eigenvalue weighted by Gasteiger charge is -2.26. The van der Waals surface area contributed by atoms with E-state index in [4.69, 9.17) is 9.47 Å². The van der Waals surface area contributed by atoms with Crippen molar-refractivity contribution in [1.29, 1.82) is 0 Å². The van der Waals surface area contributed by atoms with E-state index in [1.807, 2.05) is 12.1 Å². The number of benzene rings is 3. The van der Waals surface area contributed by atoms with E-state index in [-0.39, 0.29) is 16.5 Å². The predicted molar refractivity (Wildman–Crippen MR) is 127 cm³/mol. The van der Waals surface area contributed by atoms with Gasteiger partial charge < -0.3 is 14.8 Å². The van der Waals surface area contributed by atoms with Gasteiger partial charge in [0.25, 0.3) is 5.91 Å². The normalized spacial score (nSPS) is 14.5. The van der Waals surface area contributed by atoms with Crippen molar-refractivity contribution in [3.8, 4) is 17.2 Å². The third kappa shape index (κ3) is 5.18. The summed E-state index contributed by atoms with van der Waals surface area (Å²) in [4.78, 5) is 13.0. The topological polar surface area (TPSA) is 84.9 Å². The zero-order chi connectivity index (χ0) is 23.3. The van der Waals surface area contributed by atoms with Crippen molar-refractivity contribution in [2.24, 2.45) is 0 Å². The largest absolute Gasteiger partial charge is 0.493 e. The van der Waals surface area contributed by atoms with Crippen LogP contribution in [0.1, 0.15) is 29.6 Å². The minimum Gasteiger partial charge on any atom is -0.493 e. The molecule has 8 heteroatoms. The van der Waals surface area contributed by atoms with Crippen molar-refractivity contribution >= 4 is 21.6 Å². The number of sulfonamides is 1. The minimum absolute atomic E-state index is 0.111. The predicted octanol–water partition coefficient (Wildman–Crippen LogP) is 4.91. The first-order valence-corrected chi connectivity index (χ1v) is 12.2. The summed E-state index contributed by atoms with van der Waals surface area (Å²) in [5, 5.41) is 2.81. The van der Waals surface area contributed by atoms with E-state index >= 15 is 0 Å². The van der Waals surface area contributed by atoms with Crippen molar-refractivity contribution in [3.63, 3.8) is 0 Å². The number of nitrogens with zero attached hydrogens (tertiary/aromatic N) is 1. The molecule has 1 saturated heterocycles. The fraction of sp³-hybridized carbons (Fsp3) is 0.240. The Bertz CT molecular complexity index is 1220. The Kier molecular flexibility index (Phi) is 6.96. The van der Waals surface area contributed by atoms with Crippen molar-refractivity contribution < 1.29 is 22.7 Å². The highest BCUT2D eigenvalue weighted by Crippen LogP contribution is 2.37. The van der Waals surface area contributed by atoms with E-state index in [2.05, 4.69) is 5.32 Å². The number of hydrogen-bond acceptors (Lipinski definition) is 5. The van der Waals surface area contributed by atoms with Crippen LogP contribution in [0.5, 0.6) is 17.2 Å². The summed E-state index contributed by atoms with van der Waals surface area (Å²) in [6.07, 6.45) is 2.70. The molecule has 0 radical (unpaired) electrons. The van der Waals surface area contributed by atoms with Crippen LogP contribution in [0.25, 0.3) is 0 Å². The zero-order valence-electron chi connectivity index (χ0n) is 18.4. The SMILES string of the molecule is COc1ccccc1Oc1ccc(S(=O)(=O)N2CCCCC2)cc1NC(=O)c1ccccc1. The number of anilines is 1. The van der Waals surface area contributed by atoms with Gasteiger partial charge in [-0.05, 0) is 55.3 Å². The molecule has 1 aliphatic heterocycles. The molecule has 1 aliphatic rings. The maximum atomic E-state index is 13.2. The van der Waals surface area contributed by atoms with Gasteiger partial charge in [-0.1, -0.05) is 36.8 Å². The molecule has 1 fully saturated rings. The van der Waals surface area contributed by atoms with Crippen LogP contribution in [-0.4, -0.2) is 38.8 Å². The number of methoxy groups -OCH3 is 1. The third-order valence-electron chi connectivity index (χ3n) is 5.48. The average molecular weight is 467 g/mol. The summed E-state index contributed by atoms with van der Waals surface area (Å²) in [5.74, 6) is 0.902. The van der Waals surface area contributed by atoms with Crippen LogP contribution in [0.3, 0.4) is 0 Å². The molecule has 0 unspecified atom stereocenters. The Hall–Kier alpha value is -3.36. The summed E-state index contributed by atoms with van der Waals surface area (Å²) in [6.45, 7) is 0.987. The lowest BCUT2D eigenvalue weighted by atomic mass is 10.2. The summed E-state index contributed by atoms with van der Waals surface area (Å²) in [5.41, 5.74) is 0.706. The Morgan fingerprint density at radius 3 is 2.21 bits per heavy atom. The Morgan fingerprint density at radius 1 is 0.848 bits per heavy atom. The van der Waals surface area contributed by atoms with E-state index in [0.717, 1.165) is 19.3 Å². The second kappa shape index (κ2) is 10.1. The Balaban J connectivity index is 1.71. The molecule has 7 nitrogen and oxygen atoms in total. The molecule has 0 saturated carbocycles. The van der Waals surface area contributed by atoms with E-state index in [9.17, 15) is 13.2 Å². The van der Waals surface area contributed by atoms with Crippen LogP contribution in [0.2, 0.25) is 0 Å². The molecule has 0 spiro atoms. The maximum absolute atomic E-state index is 13.2. The Morgan fingerprint density at radius 2 is 1.52 bits per heavy atom. The van der Waals surface area contributed by atoms with Gasteiger partial charge in [-0.15, -0.1) is 0 Å². The second-order valence-electron chi connectivity index (χ2n) is 7.70. The monoisotopic (exact) mass is 466 g/mol. The van der Waals surface area contributed by atoms with Gasteiger partial charge in [0.05, 0.1) is 17.7 Å². The molecule has 0 atom stereocenters. The van der Waals surface area contributed by atoms with Gasteiger partial charge in [-0.25, -0.2) is 8.42 Å². The van der Waals surface area contributed by atoms with E-state index in [1.165, 1.54) is 23.5 Å². The fourth-order valence-electron chi connectivity index (χ4n) is 3.72. The molecular weight excluding hydrogens is 440 g/mol. The number of para-hydroxylation sites is 2. The smallest absolute Gasteiger partial charge is 0.255 e. The molecule has 4 rings (SSSR count). The van der Waals surface area contributed by atoms with Crippen LogP contribution in [0.4, 0.5) is 5.69 Å². The number of amides is 1. The van der Waals surface area contributed by atoms with E-state index in [1.54, 1.807) is 48.5 Å². The number of carbonyl (C=O) groups excluding carboxylic acids is 1. The van der Waals surface area contributed by atoms with Crippen molar-refractivity contribution in [3.05, 3.63) is 78.4 Å². The highest BCUT2D eigenvalue weighted by atomic mass is 32.2. The number of piperidine rings is 1. The maximum Gasteiger partial charge on any atom is 0.255 e. The third-order valence-corrected chi connectivity index (χ3v) is 7.37. The van der Waals surface area contributed by atoms with Crippen LogP contribution in [0.15, 0.2) is 77.7 Å². The highest BCUT2D eigenvalue weighted by molar-refractivity contribution is 7.89. The van der Waals surface area contributed by atoms with E-state index < -0.39 is 10.0 Å². The molecule has 33 heavy (non-hydrogen) atoms. The number of nitrogens with one attached hydrogen (secondary N) is 1. The van der Waals surface area contributed by atoms with Gasteiger partial charge in [0.1, 0.15) is 0 Å². The standard InChI is InChI=1S/C25H26N2O5S/c1-31-23-12-6-7-13-24(23)32-22-15-14-20(33(29,30)27-16-8-3-9-17-27)18-21(22)26-25(28)19-10-4-2-5-11-19/h2,4-7,10-15,18H,3,8-9,16-17H2,1H3,(H,26,28). The lowest BCUT2D eigenvalue weighted by Crippen LogP contribution is -2.35. The van der Waals surface area contributed by atoms with Gasteiger partial charge in [0.2, 0.25) is 10.0 Å². The van der Waals surface area contributed by atoms with Crippen molar-refractivity contribution in [2.45, 2.75) is 24.2 Å². The van der Waals surface area contributed by atoms with Crippen LogP contribution in [0, 0.1) is 0 Å². The first-order valence-electron chi connectivity index (χ1n) is 10.8. The minimum atomic E-state index is -3.69. The van der Waals surface area contributed by atoms with Gasteiger partial charge >= 0.3 is 0 Å². The fourth-order valence-corrected chi connectivity index (χ4v) is 5.26. The summed E-state index contributed by atoms with van der Waals surface area (Å²) in [7, 11) is -2.15. The molecule has 1 N–H and O–H groups in total. The molecule has 3 aromatic carbocycles. The number of carbonyl (C=O) groups is 1. The van der Waals surface area contributed by atoms with E-state index in [0.29, 0.717) is 35.9 Å². The second-order valence-corrected chi connectivity index (χ2v) is 9.63. The zero-order valence-corrected chi connectivity index (χ0v) is 19.2. The number of ether oxygens (including phenoxy) is 2. The van der Waals surface area contributed by atoms with Gasteiger partial charge in [-0.3, -0.25) is 4.79 Å². The molecule has 0 bridgehead atoms. The highest BCUT2D eigenvalue weighted by Gasteiger charge is 2.27. The van der Waals surface area contributed by atoms with Gasteiger partial charge in [0.15, 0.2) is 17.2 Å². The molecule has 172 valence electrons. The molecule has 1 amide bonds. The van der Waals surface area contributed by atoms with Gasteiger partial charge in [-0.2, -0.15) is 4.31 Å². The number of hydrogen-bond donors (Lipinski definition) is 1. The van der Waals surface area contributed by atoms with Crippen LogP contribution in [-0.2, 0) is 10.0 Å². The quantitative estimate of drug-likeness (QED) is 0.535. The average Bonchev–Trinajstić information content (AvgIpc) is 2.86. The summed E-state index contributed by atoms with van der Waals surface area (Å²) < 4.78 is 39.3. The van der Waals surface area contributed by atoms with Crippen LogP contribution >= 0.6 is 0 Å². The summed E-state index contributed by atoms with van der Waals surface area (Å²) >= 11 is 0. The van der Waals surface area contributed by atoms with Gasteiger partial charge in [0, 0.05) is 18.7 Å². The first-order chi connectivity index (χ1) is 16.0. The molecule has 0 aliphatic carbocycles. The lowest BCUT2D eigenvalue weighted by molar-refractivity contribution is 0.102. The summed E-state index contributed by atoms with van der Waals surface area (Å²) in [6, 6.07) is 20.3. The van der Waals surface area contributed by atoms with Crippen molar-refractivity contribution in [1.82, 2.24) is 4.31 Å². The molecule has 3 aromatic rings. The van der Waals surface area contributed by atoms with Crippen molar-refractivity contribution in [2.75, 3.05) is 25.5 Å². The molecule has 0 aromatic heterocycles. The number of rotatable bonds is 7.